The van der Waals surface area contributed by atoms with Gasteiger partial charge in [-0.1, -0.05) is 23.2 Å². The van der Waals surface area contributed by atoms with E-state index >= 15 is 0 Å². The molecule has 0 aromatic carbocycles. The number of nitrogens with zero attached hydrogens (tertiary/aromatic N) is 1. The van der Waals surface area contributed by atoms with Gasteiger partial charge in [0.25, 0.3) is 5.91 Å². The maximum absolute atomic E-state index is 11.0. The number of anilines is 1. The van der Waals surface area contributed by atoms with E-state index in [2.05, 4.69) is 10.3 Å². The van der Waals surface area contributed by atoms with Crippen molar-refractivity contribution in [3.8, 4) is 0 Å². The number of nitrogens with one attached hydrogen (secondary N) is 1. The van der Waals surface area contributed by atoms with Crippen LogP contribution >= 0.6 is 34.5 Å². The molecule has 0 atom stereocenters. The van der Waals surface area contributed by atoms with E-state index in [0.717, 1.165) is 5.54 Å². The van der Waals surface area contributed by atoms with Crippen molar-refractivity contribution in [2.75, 3.05) is 5.32 Å². The summed E-state index contributed by atoms with van der Waals surface area (Å²) in [5, 5.41) is 4.63. The molecule has 0 aliphatic heterocycles. The number of rotatable bonds is 2. The maximum atomic E-state index is 11.0. The minimum Gasteiger partial charge on any atom is -0.297 e. The standard InChI is InChI=1S/C6H4Cl2N2OS/c7-3-4(8)5(11)10-6-9-1-2-12-6/h1-3H,(H,9,10,11)/b4-3-. The van der Waals surface area contributed by atoms with E-state index in [1.165, 1.54) is 11.3 Å². The first kappa shape index (κ1) is 9.51. The number of carbonyl (C=O) groups is 1. The molecule has 0 bridgehead atoms. The van der Waals surface area contributed by atoms with Gasteiger partial charge >= 0.3 is 0 Å². The molecular formula is C6H4Cl2N2OS. The first-order valence-corrected chi connectivity index (χ1v) is 4.60. The fourth-order valence-corrected chi connectivity index (χ4v) is 1.16. The number of carbonyl (C=O) groups excluding carboxylic acids is 1. The van der Waals surface area contributed by atoms with Gasteiger partial charge in [0.15, 0.2) is 5.13 Å². The van der Waals surface area contributed by atoms with Gasteiger partial charge in [-0.05, 0) is 0 Å². The third-order valence-corrected chi connectivity index (χ3v) is 2.26. The lowest BCUT2D eigenvalue weighted by molar-refractivity contribution is -0.112. The second-order valence-corrected chi connectivity index (χ2v) is 3.27. The number of hydrogen-bond acceptors (Lipinski definition) is 3. The smallest absolute Gasteiger partial charge is 0.269 e. The van der Waals surface area contributed by atoms with Gasteiger partial charge in [-0.25, -0.2) is 4.98 Å². The summed E-state index contributed by atoms with van der Waals surface area (Å²) in [6, 6.07) is 0. The molecule has 0 radical (unpaired) electrons. The summed E-state index contributed by atoms with van der Waals surface area (Å²) < 4.78 is 0. The third-order valence-electron chi connectivity index (χ3n) is 0.965. The lowest BCUT2D eigenvalue weighted by Crippen LogP contribution is -2.10. The molecule has 1 amide bonds. The normalized spacial score (nSPS) is 11.3. The van der Waals surface area contributed by atoms with Gasteiger partial charge in [0.2, 0.25) is 0 Å². The highest BCUT2D eigenvalue weighted by Crippen LogP contribution is 2.13. The van der Waals surface area contributed by atoms with Gasteiger partial charge in [-0.3, -0.25) is 10.1 Å². The predicted octanol–water partition coefficient (Wildman–Crippen LogP) is 2.40. The van der Waals surface area contributed by atoms with Crippen molar-refractivity contribution in [2.45, 2.75) is 0 Å². The molecule has 0 fully saturated rings. The van der Waals surface area contributed by atoms with Crippen molar-refractivity contribution in [2.24, 2.45) is 0 Å². The number of hydrogen-bond donors (Lipinski definition) is 1. The second-order valence-electron chi connectivity index (χ2n) is 1.75. The summed E-state index contributed by atoms with van der Waals surface area (Å²) in [4.78, 5) is 14.8. The van der Waals surface area contributed by atoms with E-state index in [-0.39, 0.29) is 5.03 Å². The van der Waals surface area contributed by atoms with Gasteiger partial charge in [-0.2, -0.15) is 0 Å². The zero-order chi connectivity index (χ0) is 8.97. The highest BCUT2D eigenvalue weighted by molar-refractivity contribution is 7.13. The Morgan fingerprint density at radius 2 is 2.50 bits per heavy atom. The summed E-state index contributed by atoms with van der Waals surface area (Å²) in [5.41, 5.74) is 1.00. The summed E-state index contributed by atoms with van der Waals surface area (Å²) in [7, 11) is 0. The lowest BCUT2D eigenvalue weighted by atomic mass is 10.6. The minimum absolute atomic E-state index is 0.0631. The molecule has 64 valence electrons. The number of thiazole rings is 1. The van der Waals surface area contributed by atoms with Crippen LogP contribution in [0.25, 0.3) is 0 Å². The third kappa shape index (κ3) is 2.48. The number of amides is 1. The van der Waals surface area contributed by atoms with Crippen LogP contribution < -0.4 is 5.32 Å². The summed E-state index contributed by atoms with van der Waals surface area (Å²) in [6.45, 7) is 0. The Morgan fingerprint density at radius 3 is 3.00 bits per heavy atom. The Labute approximate surface area is 83.0 Å². The molecule has 1 heterocycles. The van der Waals surface area contributed by atoms with Crippen LogP contribution in [-0.4, -0.2) is 10.9 Å². The SMILES string of the molecule is O=C(Nc1nccs1)/C(Cl)=C/Cl. The van der Waals surface area contributed by atoms with Crippen LogP contribution in [0.4, 0.5) is 5.13 Å². The van der Waals surface area contributed by atoms with E-state index in [0.29, 0.717) is 5.13 Å². The minimum atomic E-state index is -0.457. The lowest BCUT2D eigenvalue weighted by Gasteiger charge is -1.96. The quantitative estimate of drug-likeness (QED) is 0.782. The average Bonchev–Trinajstić information content (AvgIpc) is 2.55. The molecular weight excluding hydrogens is 219 g/mol. The van der Waals surface area contributed by atoms with Crippen LogP contribution in [0.3, 0.4) is 0 Å². The van der Waals surface area contributed by atoms with Gasteiger partial charge in [0.05, 0.1) is 0 Å². The molecule has 1 N–H and O–H groups in total. The zero-order valence-electron chi connectivity index (χ0n) is 5.75. The highest BCUT2D eigenvalue weighted by atomic mass is 35.5. The molecule has 1 aromatic rings. The summed E-state index contributed by atoms with van der Waals surface area (Å²) >= 11 is 11.9. The van der Waals surface area contributed by atoms with Gasteiger partial charge in [0.1, 0.15) is 5.03 Å². The molecule has 0 saturated carbocycles. The summed E-state index contributed by atoms with van der Waals surface area (Å²) in [5.74, 6) is -0.457. The van der Waals surface area contributed by atoms with Crippen LogP contribution in [-0.2, 0) is 4.79 Å². The van der Waals surface area contributed by atoms with Crippen LogP contribution in [0, 0.1) is 0 Å². The fraction of sp³-hybridized carbons (Fsp3) is 0. The molecule has 6 heteroatoms. The topological polar surface area (TPSA) is 42.0 Å². The number of aromatic nitrogens is 1. The van der Waals surface area contributed by atoms with E-state index < -0.39 is 5.91 Å². The fourth-order valence-electron chi connectivity index (χ4n) is 0.492. The molecule has 0 unspecified atom stereocenters. The molecule has 1 aromatic heterocycles. The molecule has 0 spiro atoms. The second kappa shape index (κ2) is 4.45. The first-order valence-electron chi connectivity index (χ1n) is 2.90. The largest absolute Gasteiger partial charge is 0.297 e. The van der Waals surface area contributed by atoms with E-state index in [4.69, 9.17) is 23.2 Å². The van der Waals surface area contributed by atoms with Gasteiger partial charge in [0, 0.05) is 17.1 Å². The van der Waals surface area contributed by atoms with Crippen LogP contribution in [0.1, 0.15) is 0 Å². The van der Waals surface area contributed by atoms with Crippen LogP contribution in [0.2, 0.25) is 0 Å². The summed E-state index contributed by atoms with van der Waals surface area (Å²) in [6.07, 6.45) is 1.58. The van der Waals surface area contributed by atoms with Gasteiger partial charge in [-0.15, -0.1) is 11.3 Å². The molecule has 0 aliphatic rings. The number of halogens is 2. The predicted molar refractivity (Wildman–Crippen MR) is 50.5 cm³/mol. The molecule has 12 heavy (non-hydrogen) atoms. The van der Waals surface area contributed by atoms with Crippen molar-refractivity contribution < 1.29 is 4.79 Å². The molecule has 0 saturated heterocycles. The van der Waals surface area contributed by atoms with Crippen LogP contribution in [0.5, 0.6) is 0 Å². The Morgan fingerprint density at radius 1 is 1.75 bits per heavy atom. The Balaban J connectivity index is 2.59. The van der Waals surface area contributed by atoms with Crippen molar-refractivity contribution >= 4 is 45.6 Å². The van der Waals surface area contributed by atoms with Crippen molar-refractivity contribution in [1.29, 1.82) is 0 Å². The average molecular weight is 223 g/mol. The molecule has 3 nitrogen and oxygen atoms in total. The Kier molecular flexibility index (Phi) is 3.52. The van der Waals surface area contributed by atoms with Crippen molar-refractivity contribution in [1.82, 2.24) is 4.98 Å². The van der Waals surface area contributed by atoms with E-state index in [1.807, 2.05) is 0 Å². The molecule has 1 rings (SSSR count). The monoisotopic (exact) mass is 222 g/mol. The maximum Gasteiger partial charge on any atom is 0.269 e. The van der Waals surface area contributed by atoms with E-state index in [9.17, 15) is 4.79 Å². The molecule has 0 aliphatic carbocycles. The van der Waals surface area contributed by atoms with Crippen LogP contribution in [0.15, 0.2) is 22.1 Å². The van der Waals surface area contributed by atoms with E-state index in [1.54, 1.807) is 11.6 Å². The van der Waals surface area contributed by atoms with Crippen molar-refractivity contribution in [3.63, 3.8) is 0 Å². The highest BCUT2D eigenvalue weighted by Gasteiger charge is 2.06. The Hall–Kier alpha value is -0.580. The Bertz CT molecular complexity index is 297. The van der Waals surface area contributed by atoms with Gasteiger partial charge < -0.3 is 0 Å². The zero-order valence-corrected chi connectivity index (χ0v) is 8.08. The van der Waals surface area contributed by atoms with Crippen molar-refractivity contribution in [3.05, 3.63) is 22.1 Å². The first-order chi connectivity index (χ1) is 5.74.